The quantitative estimate of drug-likeness (QED) is 0.122. The minimum absolute atomic E-state index is 0.0616. The van der Waals surface area contributed by atoms with Gasteiger partial charge in [-0.3, -0.25) is 4.79 Å². The largest absolute Gasteiger partial charge is 0.396 e. The summed E-state index contributed by atoms with van der Waals surface area (Å²) in [4.78, 5) is 14.8. The van der Waals surface area contributed by atoms with Crippen molar-refractivity contribution in [1.29, 1.82) is 5.26 Å². The molecule has 0 saturated carbocycles. The van der Waals surface area contributed by atoms with E-state index in [0.29, 0.717) is 29.2 Å². The first kappa shape index (κ1) is 32.7. The van der Waals surface area contributed by atoms with Crippen LogP contribution in [0.4, 0.5) is 0 Å². The van der Waals surface area contributed by atoms with Crippen LogP contribution in [0.3, 0.4) is 0 Å². The monoisotopic (exact) mass is 536 g/mol. The zero-order valence-electron chi connectivity index (χ0n) is 23.2. The van der Waals surface area contributed by atoms with Gasteiger partial charge < -0.3 is 10.0 Å². The standard InChI is InChI=1S/C29H35ClN4O2.C2H6/c1-4-16-33(17-7-6-8-18-35)29(36)25(5-2)11-9-10-23(3)12-13-24-21-32-34(22-24)27-15-14-26(20-31)28(30)19-27;1-2/h5,9-10,14-15,19,21-22,35H,2,4,6-8,12-13,16-18H2,1,3H3;1-2H3/b23-10+;. The van der Waals surface area contributed by atoms with Gasteiger partial charge in [-0.15, -0.1) is 5.73 Å². The van der Waals surface area contributed by atoms with Gasteiger partial charge in [0.05, 0.1) is 28.0 Å². The number of aromatic nitrogens is 2. The van der Waals surface area contributed by atoms with Crippen molar-refractivity contribution in [1.82, 2.24) is 14.7 Å². The lowest BCUT2D eigenvalue weighted by Gasteiger charge is -2.22. The molecule has 1 aromatic heterocycles. The Morgan fingerprint density at radius 2 is 2.03 bits per heavy atom. The second-order valence-electron chi connectivity index (χ2n) is 8.59. The number of aryl methyl sites for hydroxylation is 1. The molecule has 0 aliphatic heterocycles. The third-order valence-corrected chi connectivity index (χ3v) is 6.00. The van der Waals surface area contributed by atoms with Crippen LogP contribution in [0.25, 0.3) is 5.69 Å². The molecule has 0 spiro atoms. The molecule has 0 fully saturated rings. The molecule has 0 unspecified atom stereocenters. The van der Waals surface area contributed by atoms with E-state index in [1.165, 1.54) is 0 Å². The fourth-order valence-corrected chi connectivity index (χ4v) is 3.84. The Bertz CT molecular complexity index is 1170. The summed E-state index contributed by atoms with van der Waals surface area (Å²) in [5.41, 5.74) is 7.03. The molecule has 2 aromatic rings. The van der Waals surface area contributed by atoms with Gasteiger partial charge >= 0.3 is 0 Å². The van der Waals surface area contributed by atoms with Crippen molar-refractivity contribution in [2.75, 3.05) is 19.7 Å². The van der Waals surface area contributed by atoms with Crippen LogP contribution < -0.4 is 0 Å². The molecule has 38 heavy (non-hydrogen) atoms. The first-order valence-electron chi connectivity index (χ1n) is 13.3. The maximum Gasteiger partial charge on any atom is 0.261 e. The number of benzene rings is 1. The lowest BCUT2D eigenvalue weighted by Crippen LogP contribution is -2.33. The van der Waals surface area contributed by atoms with Crippen LogP contribution in [0.5, 0.6) is 0 Å². The Hall–Kier alpha value is -3.36. The third-order valence-electron chi connectivity index (χ3n) is 5.69. The van der Waals surface area contributed by atoms with E-state index in [1.807, 2.05) is 50.2 Å². The number of halogens is 1. The molecular weight excluding hydrogens is 496 g/mol. The summed E-state index contributed by atoms with van der Waals surface area (Å²) in [6.45, 7) is 13.4. The molecule has 204 valence electrons. The molecular formula is C31H41ClN4O2. The maximum atomic E-state index is 12.9. The van der Waals surface area contributed by atoms with Crippen LogP contribution in [0.15, 0.2) is 72.3 Å². The Morgan fingerprint density at radius 1 is 1.26 bits per heavy atom. The number of rotatable bonds is 14. The Labute approximate surface area is 233 Å². The molecule has 0 bridgehead atoms. The summed E-state index contributed by atoms with van der Waals surface area (Å²) in [6.07, 6.45) is 14.1. The van der Waals surface area contributed by atoms with E-state index in [9.17, 15) is 4.79 Å². The maximum absolute atomic E-state index is 12.9. The number of amides is 1. The fraction of sp³-hybridized carbons (Fsp3) is 0.419. The van der Waals surface area contributed by atoms with Gasteiger partial charge in [0.25, 0.3) is 5.91 Å². The second kappa shape index (κ2) is 18.8. The number of carbonyl (C=O) groups is 1. The number of hydrogen-bond donors (Lipinski definition) is 1. The summed E-state index contributed by atoms with van der Waals surface area (Å²) >= 11 is 6.14. The highest BCUT2D eigenvalue weighted by molar-refractivity contribution is 6.31. The fourth-order valence-electron chi connectivity index (χ4n) is 3.62. The molecule has 1 amide bonds. The highest BCUT2D eigenvalue weighted by Crippen LogP contribution is 2.20. The van der Waals surface area contributed by atoms with Crippen LogP contribution >= 0.6 is 11.6 Å². The SMILES string of the molecule is C=CC(=C=C/C=C(\C)CCc1cnn(-c2ccc(C#N)c(Cl)c2)c1)C(=O)N(CCC)CCCCCO.CC. The Kier molecular flexibility index (Phi) is 16.2. The van der Waals surface area contributed by atoms with Crippen molar-refractivity contribution >= 4 is 17.5 Å². The van der Waals surface area contributed by atoms with E-state index in [4.69, 9.17) is 22.0 Å². The van der Waals surface area contributed by atoms with Crippen molar-refractivity contribution in [3.05, 3.63) is 88.4 Å². The number of carbonyl (C=O) groups excluding carboxylic acids is 1. The average Bonchev–Trinajstić information content (AvgIpc) is 3.41. The van der Waals surface area contributed by atoms with E-state index in [0.717, 1.165) is 55.3 Å². The van der Waals surface area contributed by atoms with Gasteiger partial charge in [-0.05, 0) is 81.4 Å². The van der Waals surface area contributed by atoms with Crippen LogP contribution in [-0.4, -0.2) is 45.4 Å². The van der Waals surface area contributed by atoms with E-state index in [2.05, 4.69) is 30.4 Å². The van der Waals surface area contributed by atoms with Crippen molar-refractivity contribution in [2.45, 2.75) is 66.2 Å². The molecule has 7 heteroatoms. The van der Waals surface area contributed by atoms with Crippen molar-refractivity contribution < 1.29 is 9.90 Å². The average molecular weight is 537 g/mol. The molecule has 0 aliphatic rings. The van der Waals surface area contributed by atoms with E-state index in [-0.39, 0.29) is 12.5 Å². The number of aliphatic hydroxyl groups is 1. The minimum Gasteiger partial charge on any atom is -0.396 e. The number of unbranched alkanes of at least 4 members (excludes halogenated alkanes) is 2. The van der Waals surface area contributed by atoms with Gasteiger partial charge in [-0.2, -0.15) is 10.4 Å². The van der Waals surface area contributed by atoms with Gasteiger partial charge in [-0.1, -0.05) is 50.6 Å². The number of aliphatic hydroxyl groups excluding tert-OH is 1. The van der Waals surface area contributed by atoms with E-state index >= 15 is 0 Å². The molecule has 0 saturated heterocycles. The summed E-state index contributed by atoms with van der Waals surface area (Å²) in [7, 11) is 0. The van der Waals surface area contributed by atoms with Gasteiger partial charge in [0.1, 0.15) is 6.07 Å². The van der Waals surface area contributed by atoms with Gasteiger partial charge in [0, 0.05) is 25.9 Å². The number of nitrogens with zero attached hydrogens (tertiary/aromatic N) is 4. The van der Waals surface area contributed by atoms with Crippen LogP contribution in [0, 0.1) is 11.3 Å². The number of allylic oxidation sites excluding steroid dienone is 2. The lowest BCUT2D eigenvalue weighted by atomic mass is 10.1. The second-order valence-corrected chi connectivity index (χ2v) is 8.99. The topological polar surface area (TPSA) is 82.2 Å². The van der Waals surface area contributed by atoms with E-state index < -0.39 is 0 Å². The summed E-state index contributed by atoms with van der Waals surface area (Å²) in [5.74, 6) is -0.0616. The van der Waals surface area contributed by atoms with Crippen molar-refractivity contribution in [2.24, 2.45) is 0 Å². The molecule has 1 N–H and O–H groups in total. The van der Waals surface area contributed by atoms with E-state index in [1.54, 1.807) is 29.0 Å². The van der Waals surface area contributed by atoms with Crippen LogP contribution in [0.2, 0.25) is 5.02 Å². The molecule has 0 atom stereocenters. The summed E-state index contributed by atoms with van der Waals surface area (Å²) < 4.78 is 1.75. The summed E-state index contributed by atoms with van der Waals surface area (Å²) in [5, 5.41) is 22.8. The molecule has 0 aliphatic carbocycles. The lowest BCUT2D eigenvalue weighted by molar-refractivity contribution is -0.126. The minimum atomic E-state index is -0.0616. The molecule has 2 rings (SSSR count). The van der Waals surface area contributed by atoms with Gasteiger partial charge in [-0.25, -0.2) is 4.68 Å². The molecule has 1 heterocycles. The van der Waals surface area contributed by atoms with Crippen LogP contribution in [0.1, 0.15) is 70.9 Å². The molecule has 0 radical (unpaired) electrons. The zero-order valence-corrected chi connectivity index (χ0v) is 24.0. The smallest absolute Gasteiger partial charge is 0.261 e. The Balaban J connectivity index is 0.00000352. The first-order valence-corrected chi connectivity index (χ1v) is 13.7. The van der Waals surface area contributed by atoms with Crippen molar-refractivity contribution in [3.8, 4) is 11.8 Å². The van der Waals surface area contributed by atoms with Crippen molar-refractivity contribution in [3.63, 3.8) is 0 Å². The van der Waals surface area contributed by atoms with Crippen LogP contribution in [-0.2, 0) is 11.2 Å². The highest BCUT2D eigenvalue weighted by Gasteiger charge is 2.14. The number of nitriles is 1. The third kappa shape index (κ3) is 10.9. The first-order chi connectivity index (χ1) is 18.4. The normalized spacial score (nSPS) is 10.5. The zero-order chi connectivity index (χ0) is 28.3. The molecule has 6 nitrogen and oxygen atoms in total. The Morgan fingerprint density at radius 3 is 2.66 bits per heavy atom. The predicted molar refractivity (Wildman–Crippen MR) is 156 cm³/mol. The van der Waals surface area contributed by atoms with Gasteiger partial charge in [0.15, 0.2) is 0 Å². The predicted octanol–water partition coefficient (Wildman–Crippen LogP) is 6.97. The highest BCUT2D eigenvalue weighted by atomic mass is 35.5. The van der Waals surface area contributed by atoms with Gasteiger partial charge in [0.2, 0.25) is 0 Å². The number of hydrogen-bond acceptors (Lipinski definition) is 4. The summed E-state index contributed by atoms with van der Waals surface area (Å²) in [6, 6.07) is 7.29. The molecule has 1 aromatic carbocycles.